The molecule has 0 aliphatic heterocycles. The van der Waals surface area contributed by atoms with Crippen LogP contribution in [-0.2, 0) is 13.0 Å². The van der Waals surface area contributed by atoms with E-state index in [0.29, 0.717) is 6.04 Å². The standard InChI is InChI=1S/C15H26N2S/c1-4-13-14(10-16-11(2)3)18-15(17-13)12-8-6-5-7-9-12/h11-12,16H,4-10H2,1-3H3. The van der Waals surface area contributed by atoms with Gasteiger partial charge < -0.3 is 5.32 Å². The van der Waals surface area contributed by atoms with Gasteiger partial charge in [0.25, 0.3) is 0 Å². The lowest BCUT2D eigenvalue weighted by Crippen LogP contribution is -2.21. The fraction of sp³-hybridized carbons (Fsp3) is 0.800. The Hall–Kier alpha value is -0.410. The van der Waals surface area contributed by atoms with Crippen molar-refractivity contribution in [1.29, 1.82) is 0 Å². The van der Waals surface area contributed by atoms with E-state index in [1.807, 2.05) is 11.3 Å². The first-order valence-corrected chi connectivity index (χ1v) is 8.24. The molecule has 0 saturated heterocycles. The molecule has 1 N–H and O–H groups in total. The number of hydrogen-bond acceptors (Lipinski definition) is 3. The van der Waals surface area contributed by atoms with Gasteiger partial charge in [0.1, 0.15) is 0 Å². The van der Waals surface area contributed by atoms with Crippen LogP contribution < -0.4 is 5.32 Å². The highest BCUT2D eigenvalue weighted by Gasteiger charge is 2.20. The molecule has 1 saturated carbocycles. The molecule has 1 aromatic heterocycles. The topological polar surface area (TPSA) is 24.9 Å². The Morgan fingerprint density at radius 3 is 2.61 bits per heavy atom. The Labute approximate surface area is 115 Å². The summed E-state index contributed by atoms with van der Waals surface area (Å²) in [7, 11) is 0. The first-order chi connectivity index (χ1) is 8.70. The van der Waals surface area contributed by atoms with Gasteiger partial charge >= 0.3 is 0 Å². The van der Waals surface area contributed by atoms with Crippen LogP contribution in [0.15, 0.2) is 0 Å². The maximum atomic E-state index is 4.91. The Balaban J connectivity index is 2.07. The number of hydrogen-bond donors (Lipinski definition) is 1. The van der Waals surface area contributed by atoms with Crippen molar-refractivity contribution in [2.45, 2.75) is 77.8 Å². The number of thiazole rings is 1. The van der Waals surface area contributed by atoms with Crippen LogP contribution in [0.5, 0.6) is 0 Å². The summed E-state index contributed by atoms with van der Waals surface area (Å²) in [6, 6.07) is 0.551. The molecule has 18 heavy (non-hydrogen) atoms. The van der Waals surface area contributed by atoms with Gasteiger partial charge in [-0.15, -0.1) is 11.3 Å². The summed E-state index contributed by atoms with van der Waals surface area (Å²) in [5.41, 5.74) is 1.33. The van der Waals surface area contributed by atoms with Gasteiger partial charge in [-0.3, -0.25) is 0 Å². The van der Waals surface area contributed by atoms with Gasteiger partial charge in [0.2, 0.25) is 0 Å². The molecule has 1 aromatic rings. The lowest BCUT2D eigenvalue weighted by atomic mass is 9.90. The zero-order valence-electron chi connectivity index (χ0n) is 12.0. The molecule has 1 heterocycles. The average molecular weight is 266 g/mol. The van der Waals surface area contributed by atoms with Crippen molar-refractivity contribution in [3.8, 4) is 0 Å². The van der Waals surface area contributed by atoms with Crippen LogP contribution in [0.1, 0.15) is 74.4 Å². The van der Waals surface area contributed by atoms with Gasteiger partial charge in [0.05, 0.1) is 10.7 Å². The number of nitrogens with zero attached hydrogens (tertiary/aromatic N) is 1. The molecule has 0 unspecified atom stereocenters. The van der Waals surface area contributed by atoms with Crippen LogP contribution in [-0.4, -0.2) is 11.0 Å². The maximum Gasteiger partial charge on any atom is 0.0962 e. The third-order valence-corrected chi connectivity index (χ3v) is 5.02. The Bertz CT molecular complexity index is 365. The van der Waals surface area contributed by atoms with E-state index < -0.39 is 0 Å². The summed E-state index contributed by atoms with van der Waals surface area (Å²) in [6.07, 6.45) is 7.99. The Kier molecular flexibility index (Phi) is 5.19. The predicted octanol–water partition coefficient (Wildman–Crippen LogP) is 4.25. The molecule has 0 spiro atoms. The quantitative estimate of drug-likeness (QED) is 0.861. The zero-order chi connectivity index (χ0) is 13.0. The van der Waals surface area contributed by atoms with Crippen molar-refractivity contribution in [2.75, 3.05) is 0 Å². The summed E-state index contributed by atoms with van der Waals surface area (Å²) in [5.74, 6) is 0.752. The molecule has 102 valence electrons. The van der Waals surface area contributed by atoms with E-state index in [2.05, 4.69) is 26.1 Å². The molecule has 0 amide bonds. The first kappa shape index (κ1) is 14.0. The predicted molar refractivity (Wildman–Crippen MR) is 79.3 cm³/mol. The number of nitrogens with one attached hydrogen (secondary N) is 1. The molecule has 2 nitrogen and oxygen atoms in total. The van der Waals surface area contributed by atoms with E-state index in [0.717, 1.165) is 18.9 Å². The van der Waals surface area contributed by atoms with Crippen LogP contribution in [0.2, 0.25) is 0 Å². The third kappa shape index (κ3) is 3.55. The molecule has 1 aliphatic rings. The Morgan fingerprint density at radius 2 is 2.00 bits per heavy atom. The van der Waals surface area contributed by atoms with Crippen LogP contribution in [0.3, 0.4) is 0 Å². The van der Waals surface area contributed by atoms with Gasteiger partial charge in [-0.25, -0.2) is 4.98 Å². The molecule has 1 fully saturated rings. The first-order valence-electron chi connectivity index (χ1n) is 7.42. The van der Waals surface area contributed by atoms with Crippen molar-refractivity contribution in [3.63, 3.8) is 0 Å². The monoisotopic (exact) mass is 266 g/mol. The van der Waals surface area contributed by atoms with Gasteiger partial charge in [-0.1, -0.05) is 40.0 Å². The maximum absolute atomic E-state index is 4.91. The number of rotatable bonds is 5. The van der Waals surface area contributed by atoms with E-state index in [9.17, 15) is 0 Å². The second-order valence-corrected chi connectivity index (χ2v) is 6.76. The highest BCUT2D eigenvalue weighted by atomic mass is 32.1. The third-order valence-electron chi connectivity index (χ3n) is 3.75. The normalized spacial score (nSPS) is 17.6. The summed E-state index contributed by atoms with van der Waals surface area (Å²) in [6.45, 7) is 7.62. The zero-order valence-corrected chi connectivity index (χ0v) is 12.8. The minimum atomic E-state index is 0.551. The SMILES string of the molecule is CCc1nc(C2CCCCC2)sc1CNC(C)C. The lowest BCUT2D eigenvalue weighted by Gasteiger charge is -2.18. The smallest absolute Gasteiger partial charge is 0.0962 e. The average Bonchev–Trinajstić information content (AvgIpc) is 2.80. The number of aryl methyl sites for hydroxylation is 1. The van der Waals surface area contributed by atoms with Crippen molar-refractivity contribution in [3.05, 3.63) is 15.6 Å². The van der Waals surface area contributed by atoms with E-state index in [1.165, 1.54) is 47.7 Å². The summed E-state index contributed by atoms with van der Waals surface area (Å²) < 4.78 is 0. The summed E-state index contributed by atoms with van der Waals surface area (Å²) in [4.78, 5) is 6.37. The van der Waals surface area contributed by atoms with Crippen molar-refractivity contribution in [1.82, 2.24) is 10.3 Å². The lowest BCUT2D eigenvalue weighted by molar-refractivity contribution is 0.442. The molecular formula is C15H26N2S. The highest BCUT2D eigenvalue weighted by molar-refractivity contribution is 7.11. The minimum absolute atomic E-state index is 0.551. The van der Waals surface area contributed by atoms with Crippen LogP contribution in [0.25, 0.3) is 0 Å². The molecular weight excluding hydrogens is 240 g/mol. The second-order valence-electron chi connectivity index (χ2n) is 5.65. The van der Waals surface area contributed by atoms with Crippen LogP contribution in [0, 0.1) is 0 Å². The van der Waals surface area contributed by atoms with Gasteiger partial charge in [-0.05, 0) is 19.3 Å². The van der Waals surface area contributed by atoms with Crippen molar-refractivity contribution < 1.29 is 0 Å². The number of aromatic nitrogens is 1. The second kappa shape index (κ2) is 6.67. The van der Waals surface area contributed by atoms with Crippen molar-refractivity contribution in [2.24, 2.45) is 0 Å². The fourth-order valence-corrected chi connectivity index (χ4v) is 3.91. The van der Waals surface area contributed by atoms with Crippen LogP contribution in [0.4, 0.5) is 0 Å². The van der Waals surface area contributed by atoms with Crippen molar-refractivity contribution >= 4 is 11.3 Å². The molecule has 2 rings (SSSR count). The molecule has 0 atom stereocenters. The highest BCUT2D eigenvalue weighted by Crippen LogP contribution is 2.36. The van der Waals surface area contributed by atoms with E-state index in [-0.39, 0.29) is 0 Å². The molecule has 0 aromatic carbocycles. The molecule has 0 bridgehead atoms. The van der Waals surface area contributed by atoms with Crippen LogP contribution >= 0.6 is 11.3 Å². The van der Waals surface area contributed by atoms with Gasteiger partial charge in [-0.2, -0.15) is 0 Å². The van der Waals surface area contributed by atoms with E-state index in [4.69, 9.17) is 4.98 Å². The molecule has 0 radical (unpaired) electrons. The minimum Gasteiger partial charge on any atom is -0.310 e. The van der Waals surface area contributed by atoms with Gasteiger partial charge in [0.15, 0.2) is 0 Å². The molecule has 1 aliphatic carbocycles. The summed E-state index contributed by atoms with van der Waals surface area (Å²) >= 11 is 1.96. The summed E-state index contributed by atoms with van der Waals surface area (Å²) in [5, 5.41) is 4.93. The fourth-order valence-electron chi connectivity index (χ4n) is 2.64. The Morgan fingerprint density at radius 1 is 1.28 bits per heavy atom. The largest absolute Gasteiger partial charge is 0.310 e. The van der Waals surface area contributed by atoms with Gasteiger partial charge in [0, 0.05) is 23.4 Å². The molecule has 3 heteroatoms. The van der Waals surface area contributed by atoms with E-state index >= 15 is 0 Å². The van der Waals surface area contributed by atoms with E-state index in [1.54, 1.807) is 0 Å².